The fraction of sp³-hybridized carbons (Fsp3) is 0.385. The van der Waals surface area contributed by atoms with Crippen molar-refractivity contribution in [3.8, 4) is 0 Å². The van der Waals surface area contributed by atoms with Gasteiger partial charge in [-0.25, -0.2) is 9.78 Å². The standard InChI is InChI=1S/C13H18N4O4/c1-2-3-9-4-8(13(20)21)5-12(16-9)17(6-10(14)18)7-11(15)19/h4-5H,2-3,6-7H2,1H3,(H2,14,18)(H2,15,19)(H,20,21). The van der Waals surface area contributed by atoms with E-state index >= 15 is 0 Å². The minimum atomic E-state index is -1.12. The van der Waals surface area contributed by atoms with Crippen molar-refractivity contribution in [2.24, 2.45) is 11.5 Å². The van der Waals surface area contributed by atoms with Gasteiger partial charge < -0.3 is 21.5 Å². The third-order valence-corrected chi connectivity index (χ3v) is 2.64. The second-order valence-corrected chi connectivity index (χ2v) is 4.55. The van der Waals surface area contributed by atoms with Crippen LogP contribution < -0.4 is 16.4 Å². The fourth-order valence-corrected chi connectivity index (χ4v) is 1.84. The maximum atomic E-state index is 11.1. The topological polar surface area (TPSA) is 140 Å². The van der Waals surface area contributed by atoms with Crippen molar-refractivity contribution in [2.45, 2.75) is 19.8 Å². The quantitative estimate of drug-likeness (QED) is 0.591. The van der Waals surface area contributed by atoms with Crippen LogP contribution >= 0.6 is 0 Å². The summed E-state index contributed by atoms with van der Waals surface area (Å²) in [6.45, 7) is 1.38. The summed E-state index contributed by atoms with van der Waals surface area (Å²) in [6.07, 6.45) is 1.36. The number of carbonyl (C=O) groups is 3. The monoisotopic (exact) mass is 294 g/mol. The van der Waals surface area contributed by atoms with Crippen LogP contribution in [0.15, 0.2) is 12.1 Å². The molecule has 0 spiro atoms. The van der Waals surface area contributed by atoms with Gasteiger partial charge >= 0.3 is 5.97 Å². The summed E-state index contributed by atoms with van der Waals surface area (Å²) in [7, 11) is 0. The third-order valence-electron chi connectivity index (χ3n) is 2.64. The lowest BCUT2D eigenvalue weighted by molar-refractivity contribution is -0.117. The van der Waals surface area contributed by atoms with Crippen LogP contribution in [0.2, 0.25) is 0 Å². The molecule has 1 rings (SSSR count). The molecule has 0 saturated heterocycles. The minimum absolute atomic E-state index is 0.0300. The molecule has 0 radical (unpaired) electrons. The largest absolute Gasteiger partial charge is 0.478 e. The molecule has 8 heteroatoms. The van der Waals surface area contributed by atoms with E-state index in [0.29, 0.717) is 12.1 Å². The van der Waals surface area contributed by atoms with Crippen molar-refractivity contribution < 1.29 is 19.5 Å². The Labute approximate surface area is 121 Å². The lowest BCUT2D eigenvalue weighted by Crippen LogP contribution is -2.40. The molecule has 0 saturated carbocycles. The van der Waals surface area contributed by atoms with Gasteiger partial charge in [-0.2, -0.15) is 0 Å². The number of carboxylic acid groups (broad SMARTS) is 1. The Morgan fingerprint density at radius 3 is 2.19 bits per heavy atom. The number of aromatic nitrogens is 1. The van der Waals surface area contributed by atoms with Gasteiger partial charge in [0.15, 0.2) is 0 Å². The molecule has 21 heavy (non-hydrogen) atoms. The Morgan fingerprint density at radius 2 is 1.76 bits per heavy atom. The highest BCUT2D eigenvalue weighted by atomic mass is 16.4. The summed E-state index contributed by atoms with van der Waals surface area (Å²) in [5, 5.41) is 9.12. The summed E-state index contributed by atoms with van der Waals surface area (Å²) in [5.74, 6) is -2.27. The predicted molar refractivity (Wildman–Crippen MR) is 75.8 cm³/mol. The normalized spacial score (nSPS) is 10.1. The van der Waals surface area contributed by atoms with Crippen molar-refractivity contribution in [1.82, 2.24) is 4.98 Å². The molecule has 1 aromatic heterocycles. The zero-order valence-electron chi connectivity index (χ0n) is 11.7. The number of carboxylic acids is 1. The number of aromatic carboxylic acids is 1. The van der Waals surface area contributed by atoms with Crippen LogP contribution in [0.25, 0.3) is 0 Å². The molecule has 0 unspecified atom stereocenters. The van der Waals surface area contributed by atoms with Crippen LogP contribution in [0.4, 0.5) is 5.82 Å². The molecule has 2 amide bonds. The van der Waals surface area contributed by atoms with Gasteiger partial charge in [-0.3, -0.25) is 9.59 Å². The van der Waals surface area contributed by atoms with Gasteiger partial charge in [0.05, 0.1) is 18.7 Å². The number of primary amides is 2. The van der Waals surface area contributed by atoms with E-state index < -0.39 is 17.8 Å². The molecule has 8 nitrogen and oxygen atoms in total. The van der Waals surface area contributed by atoms with Gasteiger partial charge in [0.25, 0.3) is 0 Å². The first-order valence-electron chi connectivity index (χ1n) is 6.39. The van der Waals surface area contributed by atoms with Gasteiger partial charge in [0.1, 0.15) is 5.82 Å². The van der Waals surface area contributed by atoms with Gasteiger partial charge in [-0.1, -0.05) is 13.3 Å². The zero-order chi connectivity index (χ0) is 16.0. The molecule has 0 aliphatic carbocycles. The van der Waals surface area contributed by atoms with Gasteiger partial charge in [-0.05, 0) is 18.6 Å². The van der Waals surface area contributed by atoms with Crippen LogP contribution in [0, 0.1) is 0 Å². The molecular formula is C13H18N4O4. The molecular weight excluding hydrogens is 276 g/mol. The predicted octanol–water partition coefficient (Wildman–Crippen LogP) is -0.491. The average Bonchev–Trinajstić information content (AvgIpc) is 2.36. The fourth-order valence-electron chi connectivity index (χ4n) is 1.84. The maximum Gasteiger partial charge on any atom is 0.335 e. The lowest BCUT2D eigenvalue weighted by atomic mass is 10.1. The number of amides is 2. The molecule has 0 fully saturated rings. The summed E-state index contributed by atoms with van der Waals surface area (Å²) in [5.41, 5.74) is 10.8. The van der Waals surface area contributed by atoms with E-state index in [1.165, 1.54) is 17.0 Å². The number of nitrogens with two attached hydrogens (primary N) is 2. The molecule has 1 heterocycles. The number of nitrogens with zero attached hydrogens (tertiary/aromatic N) is 2. The SMILES string of the molecule is CCCc1cc(C(=O)O)cc(N(CC(N)=O)CC(N)=O)n1. The number of rotatable bonds is 8. The van der Waals surface area contributed by atoms with Crippen LogP contribution in [0.1, 0.15) is 29.4 Å². The van der Waals surface area contributed by atoms with Gasteiger partial charge in [-0.15, -0.1) is 0 Å². The van der Waals surface area contributed by atoms with Crippen molar-refractivity contribution in [1.29, 1.82) is 0 Å². The molecule has 1 aromatic rings. The number of anilines is 1. The van der Waals surface area contributed by atoms with E-state index in [9.17, 15) is 14.4 Å². The number of carbonyl (C=O) groups excluding carboxylic acids is 2. The van der Waals surface area contributed by atoms with E-state index in [1.54, 1.807) is 0 Å². The molecule has 0 bridgehead atoms. The molecule has 0 aromatic carbocycles. The van der Waals surface area contributed by atoms with Crippen molar-refractivity contribution in [3.63, 3.8) is 0 Å². The second kappa shape index (κ2) is 7.22. The smallest absolute Gasteiger partial charge is 0.335 e. The Bertz CT molecular complexity index is 543. The summed E-state index contributed by atoms with van der Waals surface area (Å²) in [6, 6.07) is 2.75. The van der Waals surface area contributed by atoms with E-state index in [2.05, 4.69) is 4.98 Å². The Balaban J connectivity index is 3.23. The number of aryl methyl sites for hydroxylation is 1. The molecule has 0 aliphatic rings. The zero-order valence-corrected chi connectivity index (χ0v) is 11.7. The van der Waals surface area contributed by atoms with Crippen LogP contribution in [-0.4, -0.2) is 41.0 Å². The van der Waals surface area contributed by atoms with E-state index in [1.807, 2.05) is 6.92 Å². The third kappa shape index (κ3) is 5.09. The van der Waals surface area contributed by atoms with E-state index in [0.717, 1.165) is 6.42 Å². The van der Waals surface area contributed by atoms with Crippen molar-refractivity contribution in [2.75, 3.05) is 18.0 Å². The van der Waals surface area contributed by atoms with Crippen molar-refractivity contribution >= 4 is 23.6 Å². The summed E-state index contributed by atoms with van der Waals surface area (Å²) >= 11 is 0. The first-order chi connectivity index (χ1) is 9.83. The maximum absolute atomic E-state index is 11.1. The average molecular weight is 294 g/mol. The highest BCUT2D eigenvalue weighted by molar-refractivity contribution is 5.90. The highest BCUT2D eigenvalue weighted by Crippen LogP contribution is 2.16. The summed E-state index contributed by atoms with van der Waals surface area (Å²) in [4.78, 5) is 38.8. The Kier molecular flexibility index (Phi) is 5.65. The first kappa shape index (κ1) is 16.4. The molecule has 0 atom stereocenters. The number of pyridine rings is 1. The Morgan fingerprint density at radius 1 is 1.19 bits per heavy atom. The molecule has 0 aliphatic heterocycles. The lowest BCUT2D eigenvalue weighted by Gasteiger charge is -2.21. The second-order valence-electron chi connectivity index (χ2n) is 4.55. The van der Waals surface area contributed by atoms with Gasteiger partial charge in [0, 0.05) is 5.69 Å². The molecule has 5 N–H and O–H groups in total. The minimum Gasteiger partial charge on any atom is -0.478 e. The van der Waals surface area contributed by atoms with Crippen molar-refractivity contribution in [3.05, 3.63) is 23.4 Å². The molecule has 114 valence electrons. The Hall–Kier alpha value is -2.64. The van der Waals surface area contributed by atoms with E-state index in [-0.39, 0.29) is 24.5 Å². The highest BCUT2D eigenvalue weighted by Gasteiger charge is 2.17. The van der Waals surface area contributed by atoms with Crippen LogP contribution in [0.5, 0.6) is 0 Å². The number of hydrogen-bond acceptors (Lipinski definition) is 5. The summed E-state index contributed by atoms with van der Waals surface area (Å²) < 4.78 is 0. The van der Waals surface area contributed by atoms with E-state index in [4.69, 9.17) is 16.6 Å². The number of hydrogen-bond donors (Lipinski definition) is 3. The first-order valence-corrected chi connectivity index (χ1v) is 6.39. The van der Waals surface area contributed by atoms with Crippen LogP contribution in [-0.2, 0) is 16.0 Å². The van der Waals surface area contributed by atoms with Gasteiger partial charge in [0.2, 0.25) is 11.8 Å². The van der Waals surface area contributed by atoms with Crippen LogP contribution in [0.3, 0.4) is 0 Å².